The highest BCUT2D eigenvalue weighted by atomic mass is 31.2. The van der Waals surface area contributed by atoms with Crippen LogP contribution in [0.2, 0.25) is 0 Å². The van der Waals surface area contributed by atoms with Crippen LogP contribution < -0.4 is 0 Å². The highest BCUT2D eigenvalue weighted by molar-refractivity contribution is 7.46. The van der Waals surface area contributed by atoms with Crippen LogP contribution in [0.25, 0.3) is 0 Å². The van der Waals surface area contributed by atoms with Gasteiger partial charge in [-0.05, 0) is 12.8 Å². The summed E-state index contributed by atoms with van der Waals surface area (Å²) in [5, 5.41) is 0. The van der Waals surface area contributed by atoms with Gasteiger partial charge in [0.15, 0.2) is 6.10 Å². The van der Waals surface area contributed by atoms with Crippen LogP contribution in [-0.4, -0.2) is 41.0 Å². The first kappa shape index (κ1) is 24.1. The Labute approximate surface area is 149 Å². The fourth-order valence-corrected chi connectivity index (χ4v) is 2.41. The van der Waals surface area contributed by atoms with Crippen molar-refractivity contribution in [3.8, 4) is 0 Å². The summed E-state index contributed by atoms with van der Waals surface area (Å²) in [6.45, 7) is 3.12. The van der Waals surface area contributed by atoms with E-state index < -0.39 is 32.5 Å². The molecule has 0 fully saturated rings. The predicted molar refractivity (Wildman–Crippen MR) is 91.7 cm³/mol. The average molecular weight is 382 g/mol. The van der Waals surface area contributed by atoms with Crippen LogP contribution in [0, 0.1) is 0 Å². The lowest BCUT2D eigenvalue weighted by Gasteiger charge is -2.18. The molecule has 0 aromatic carbocycles. The highest BCUT2D eigenvalue weighted by Crippen LogP contribution is 2.35. The van der Waals surface area contributed by atoms with E-state index in [0.29, 0.717) is 12.8 Å². The normalized spacial score (nSPS) is 12.6. The Morgan fingerprint density at radius 2 is 1.52 bits per heavy atom. The number of hydrogen-bond donors (Lipinski definition) is 2. The van der Waals surface area contributed by atoms with Gasteiger partial charge in [-0.3, -0.25) is 14.1 Å². The van der Waals surface area contributed by atoms with Gasteiger partial charge in [0, 0.05) is 12.8 Å². The maximum Gasteiger partial charge on any atom is 0.469 e. The van der Waals surface area contributed by atoms with Gasteiger partial charge in [-0.25, -0.2) is 4.57 Å². The number of rotatable bonds is 15. The first-order valence-corrected chi connectivity index (χ1v) is 10.4. The number of carbonyl (C=O) groups is 2. The molecule has 1 atom stereocenters. The molecule has 0 aliphatic rings. The molecule has 0 unspecified atom stereocenters. The topological polar surface area (TPSA) is 119 Å². The van der Waals surface area contributed by atoms with Crippen molar-refractivity contribution in [2.75, 3.05) is 13.2 Å². The second kappa shape index (κ2) is 14.2. The zero-order valence-electron chi connectivity index (χ0n) is 15.1. The maximum atomic E-state index is 11.8. The van der Waals surface area contributed by atoms with Crippen molar-refractivity contribution in [3.05, 3.63) is 0 Å². The number of hydrogen-bond acceptors (Lipinski definition) is 6. The Balaban J connectivity index is 4.23. The molecule has 148 valence electrons. The Bertz CT molecular complexity index is 420. The lowest BCUT2D eigenvalue weighted by atomic mass is 10.1. The molecule has 0 bridgehead atoms. The van der Waals surface area contributed by atoms with Crippen LogP contribution in [0.1, 0.15) is 71.6 Å². The molecule has 0 saturated carbocycles. The van der Waals surface area contributed by atoms with Crippen LogP contribution in [0.15, 0.2) is 0 Å². The monoisotopic (exact) mass is 382 g/mol. The smallest absolute Gasteiger partial charge is 0.462 e. The minimum atomic E-state index is -4.69. The summed E-state index contributed by atoms with van der Waals surface area (Å²) in [4.78, 5) is 40.7. The van der Waals surface area contributed by atoms with E-state index in [4.69, 9.17) is 19.3 Å². The molecule has 0 spiro atoms. The van der Waals surface area contributed by atoms with Crippen LogP contribution in [0.5, 0.6) is 0 Å². The number of phosphoric ester groups is 1. The standard InChI is InChI=1S/C16H31O8P/c1-3-5-6-7-8-9-11-16(18)24-14(13-23-25(19,20)21)12-22-15(17)10-4-2/h14H,3-13H2,1-2H3,(H2,19,20,21)/t14-/m1/s1. The molecule has 0 aliphatic heterocycles. The molecular weight excluding hydrogens is 351 g/mol. The van der Waals surface area contributed by atoms with E-state index in [1.165, 1.54) is 6.42 Å². The van der Waals surface area contributed by atoms with Crippen LogP contribution >= 0.6 is 7.82 Å². The maximum absolute atomic E-state index is 11.8. The van der Waals surface area contributed by atoms with E-state index in [9.17, 15) is 14.2 Å². The lowest BCUT2D eigenvalue weighted by Crippen LogP contribution is -2.29. The van der Waals surface area contributed by atoms with Gasteiger partial charge in [-0.1, -0.05) is 46.0 Å². The molecule has 0 aromatic heterocycles. The fraction of sp³-hybridized carbons (Fsp3) is 0.875. The number of ether oxygens (including phenoxy) is 2. The van der Waals surface area contributed by atoms with Crippen molar-refractivity contribution < 1.29 is 37.9 Å². The van der Waals surface area contributed by atoms with Gasteiger partial charge in [-0.15, -0.1) is 0 Å². The van der Waals surface area contributed by atoms with E-state index in [2.05, 4.69) is 11.4 Å². The lowest BCUT2D eigenvalue weighted by molar-refractivity contribution is -0.161. The molecule has 8 nitrogen and oxygen atoms in total. The van der Waals surface area contributed by atoms with Crippen molar-refractivity contribution in [1.29, 1.82) is 0 Å². The molecule has 25 heavy (non-hydrogen) atoms. The summed E-state index contributed by atoms with van der Waals surface area (Å²) in [6, 6.07) is 0. The molecule has 0 rings (SSSR count). The Kier molecular flexibility index (Phi) is 13.7. The van der Waals surface area contributed by atoms with Crippen LogP contribution in [0.3, 0.4) is 0 Å². The second-order valence-electron chi connectivity index (χ2n) is 5.85. The molecule has 2 N–H and O–H groups in total. The minimum absolute atomic E-state index is 0.210. The van der Waals surface area contributed by atoms with Crippen molar-refractivity contribution in [1.82, 2.24) is 0 Å². The summed E-state index contributed by atoms with van der Waals surface area (Å²) >= 11 is 0. The summed E-state index contributed by atoms with van der Waals surface area (Å²) in [5.74, 6) is -0.961. The Morgan fingerprint density at radius 3 is 2.12 bits per heavy atom. The van der Waals surface area contributed by atoms with Crippen molar-refractivity contribution in [2.24, 2.45) is 0 Å². The first-order valence-electron chi connectivity index (χ1n) is 8.83. The summed E-state index contributed by atoms with van der Waals surface area (Å²) in [6.07, 6.45) is 6.13. The van der Waals surface area contributed by atoms with Crippen molar-refractivity contribution >= 4 is 19.8 Å². The van der Waals surface area contributed by atoms with Gasteiger partial charge in [0.2, 0.25) is 0 Å². The third-order valence-corrected chi connectivity index (χ3v) is 3.83. The van der Waals surface area contributed by atoms with Crippen LogP contribution in [0.4, 0.5) is 0 Å². The van der Waals surface area contributed by atoms with E-state index >= 15 is 0 Å². The molecular formula is C16H31O8P. The minimum Gasteiger partial charge on any atom is -0.462 e. The molecule has 0 heterocycles. The van der Waals surface area contributed by atoms with Gasteiger partial charge in [0.05, 0.1) is 6.61 Å². The average Bonchev–Trinajstić information content (AvgIpc) is 2.53. The molecule has 0 saturated heterocycles. The molecule has 0 amide bonds. The number of esters is 2. The highest BCUT2D eigenvalue weighted by Gasteiger charge is 2.22. The second-order valence-corrected chi connectivity index (χ2v) is 7.09. The first-order chi connectivity index (χ1) is 11.8. The Hall–Kier alpha value is -0.950. The predicted octanol–water partition coefficient (Wildman–Crippen LogP) is 3.10. The van der Waals surface area contributed by atoms with Crippen LogP contribution in [-0.2, 0) is 28.2 Å². The van der Waals surface area contributed by atoms with Crippen molar-refractivity contribution in [2.45, 2.75) is 77.7 Å². The molecule has 0 radical (unpaired) electrons. The molecule has 9 heteroatoms. The summed E-state index contributed by atoms with van der Waals surface area (Å²) in [5.41, 5.74) is 0. The number of carbonyl (C=O) groups excluding carboxylic acids is 2. The van der Waals surface area contributed by atoms with Gasteiger partial charge in [0.1, 0.15) is 6.61 Å². The van der Waals surface area contributed by atoms with E-state index in [1.54, 1.807) is 0 Å². The van der Waals surface area contributed by atoms with E-state index in [1.807, 2.05) is 6.92 Å². The number of phosphoric acid groups is 1. The summed E-state index contributed by atoms with van der Waals surface area (Å²) in [7, 11) is -4.69. The van der Waals surface area contributed by atoms with Gasteiger partial charge in [-0.2, -0.15) is 0 Å². The van der Waals surface area contributed by atoms with E-state index in [0.717, 1.165) is 25.7 Å². The largest absolute Gasteiger partial charge is 0.469 e. The fourth-order valence-electron chi connectivity index (χ4n) is 2.05. The summed E-state index contributed by atoms with van der Waals surface area (Å²) < 4.78 is 25.2. The van der Waals surface area contributed by atoms with Crippen molar-refractivity contribution in [3.63, 3.8) is 0 Å². The zero-order chi connectivity index (χ0) is 19.1. The van der Waals surface area contributed by atoms with Gasteiger partial charge >= 0.3 is 19.8 Å². The quantitative estimate of drug-likeness (QED) is 0.252. The van der Waals surface area contributed by atoms with E-state index in [-0.39, 0.29) is 19.4 Å². The zero-order valence-corrected chi connectivity index (χ0v) is 16.0. The third kappa shape index (κ3) is 16.3. The molecule has 0 aliphatic carbocycles. The number of unbranched alkanes of at least 4 members (excludes halogenated alkanes) is 5. The Morgan fingerprint density at radius 1 is 0.880 bits per heavy atom. The van der Waals surface area contributed by atoms with Gasteiger partial charge in [0.25, 0.3) is 0 Å². The van der Waals surface area contributed by atoms with Gasteiger partial charge < -0.3 is 19.3 Å². The molecule has 0 aromatic rings. The SMILES string of the molecule is CCCCCCCCC(=O)O[C@H](COC(=O)CCC)COP(=O)(O)O. The third-order valence-electron chi connectivity index (χ3n) is 3.35.